The van der Waals surface area contributed by atoms with Crippen LogP contribution in [0.1, 0.15) is 84.0 Å². The summed E-state index contributed by atoms with van der Waals surface area (Å²) in [5.74, 6) is -0.140. The summed E-state index contributed by atoms with van der Waals surface area (Å²) in [6, 6.07) is 0. The first kappa shape index (κ1) is 22.1. The Morgan fingerprint density at radius 1 is 0.957 bits per heavy atom. The van der Waals surface area contributed by atoms with Crippen molar-refractivity contribution in [2.24, 2.45) is 0 Å². The minimum atomic E-state index is -0.342. The van der Waals surface area contributed by atoms with Gasteiger partial charge in [-0.15, -0.1) is 0 Å². The van der Waals surface area contributed by atoms with Gasteiger partial charge in [0.25, 0.3) is 0 Å². The molecule has 0 amide bonds. The number of methoxy groups -OCH3 is 1. The van der Waals surface area contributed by atoms with Gasteiger partial charge < -0.3 is 14.9 Å². The maximum atomic E-state index is 10.9. The molecule has 2 N–H and O–H groups in total. The first-order chi connectivity index (χ1) is 11.1. The molecule has 4 nitrogen and oxygen atoms in total. The molecule has 0 aliphatic heterocycles. The molecule has 2 atom stereocenters. The molecule has 0 fully saturated rings. The van der Waals surface area contributed by atoms with E-state index in [4.69, 9.17) is 5.11 Å². The van der Waals surface area contributed by atoms with Crippen molar-refractivity contribution >= 4 is 5.97 Å². The Morgan fingerprint density at radius 2 is 1.57 bits per heavy atom. The SMILES string of the molecule is COC(=O)CCCCCCC(O)/C=C\CCCCCCC(C)O. The van der Waals surface area contributed by atoms with E-state index in [0.29, 0.717) is 6.42 Å². The number of aliphatic hydroxyl groups excluding tert-OH is 2. The van der Waals surface area contributed by atoms with Crippen molar-refractivity contribution in [2.45, 2.75) is 96.2 Å². The van der Waals surface area contributed by atoms with Crippen LogP contribution in [0.25, 0.3) is 0 Å². The smallest absolute Gasteiger partial charge is 0.305 e. The molecule has 0 bridgehead atoms. The number of esters is 1. The highest BCUT2D eigenvalue weighted by Gasteiger charge is 2.01. The highest BCUT2D eigenvalue weighted by molar-refractivity contribution is 5.68. The maximum Gasteiger partial charge on any atom is 0.305 e. The van der Waals surface area contributed by atoms with Gasteiger partial charge in [-0.2, -0.15) is 0 Å². The number of carbonyl (C=O) groups is 1. The first-order valence-corrected chi connectivity index (χ1v) is 9.16. The Kier molecular flexibility index (Phi) is 15.4. The van der Waals surface area contributed by atoms with Crippen LogP contribution in [0.4, 0.5) is 0 Å². The number of ether oxygens (including phenoxy) is 1. The fraction of sp³-hybridized carbons (Fsp3) is 0.842. The van der Waals surface area contributed by atoms with Gasteiger partial charge in [-0.3, -0.25) is 4.79 Å². The Bertz CT molecular complexity index is 300. The molecule has 0 rings (SSSR count). The van der Waals surface area contributed by atoms with E-state index >= 15 is 0 Å². The molecule has 0 aromatic heterocycles. The van der Waals surface area contributed by atoms with Gasteiger partial charge in [0.2, 0.25) is 0 Å². The molecule has 0 saturated carbocycles. The molecule has 0 radical (unpaired) electrons. The zero-order valence-corrected chi connectivity index (χ0v) is 15.0. The van der Waals surface area contributed by atoms with Crippen molar-refractivity contribution in [1.29, 1.82) is 0 Å². The van der Waals surface area contributed by atoms with Crippen molar-refractivity contribution in [2.75, 3.05) is 7.11 Å². The van der Waals surface area contributed by atoms with E-state index in [1.807, 2.05) is 13.0 Å². The summed E-state index contributed by atoms with van der Waals surface area (Å²) in [5.41, 5.74) is 0. The molecule has 2 unspecified atom stereocenters. The fourth-order valence-corrected chi connectivity index (χ4v) is 2.48. The molecule has 136 valence electrons. The monoisotopic (exact) mass is 328 g/mol. The fourth-order valence-electron chi connectivity index (χ4n) is 2.48. The normalized spacial score (nSPS) is 14.1. The molecule has 0 saturated heterocycles. The molecule has 0 heterocycles. The Labute approximate surface area is 141 Å². The Hall–Kier alpha value is -0.870. The minimum absolute atomic E-state index is 0.140. The summed E-state index contributed by atoms with van der Waals surface area (Å²) in [6.45, 7) is 1.84. The predicted octanol–water partition coefficient (Wildman–Crippen LogP) is 4.14. The van der Waals surface area contributed by atoms with Gasteiger partial charge in [0.15, 0.2) is 0 Å². The lowest BCUT2D eigenvalue weighted by molar-refractivity contribution is -0.140. The molecular weight excluding hydrogens is 292 g/mol. The molecule has 4 heteroatoms. The zero-order chi connectivity index (χ0) is 17.3. The molecule has 0 aromatic rings. The highest BCUT2D eigenvalue weighted by Crippen LogP contribution is 2.10. The van der Waals surface area contributed by atoms with E-state index in [9.17, 15) is 9.90 Å². The van der Waals surface area contributed by atoms with Crippen molar-refractivity contribution in [1.82, 2.24) is 0 Å². The van der Waals surface area contributed by atoms with Crippen LogP contribution in [0.5, 0.6) is 0 Å². The van der Waals surface area contributed by atoms with Crippen molar-refractivity contribution in [3.8, 4) is 0 Å². The number of allylic oxidation sites excluding steroid dienone is 1. The van der Waals surface area contributed by atoms with Gasteiger partial charge >= 0.3 is 5.97 Å². The largest absolute Gasteiger partial charge is 0.469 e. The van der Waals surface area contributed by atoms with Gasteiger partial charge in [-0.05, 0) is 39.0 Å². The van der Waals surface area contributed by atoms with E-state index in [-0.39, 0.29) is 18.2 Å². The average molecular weight is 328 g/mol. The summed E-state index contributed by atoms with van der Waals surface area (Å²) in [4.78, 5) is 10.9. The number of hydrogen-bond donors (Lipinski definition) is 2. The third-order valence-corrected chi connectivity index (χ3v) is 3.96. The van der Waals surface area contributed by atoms with Gasteiger partial charge in [0, 0.05) is 6.42 Å². The number of hydrogen-bond acceptors (Lipinski definition) is 4. The van der Waals surface area contributed by atoms with E-state index in [1.165, 1.54) is 20.0 Å². The topological polar surface area (TPSA) is 66.8 Å². The minimum Gasteiger partial charge on any atom is -0.469 e. The third-order valence-electron chi connectivity index (χ3n) is 3.96. The molecule has 23 heavy (non-hydrogen) atoms. The van der Waals surface area contributed by atoms with Crippen LogP contribution < -0.4 is 0 Å². The van der Waals surface area contributed by atoms with E-state index in [1.54, 1.807) is 0 Å². The average Bonchev–Trinajstić information content (AvgIpc) is 2.52. The van der Waals surface area contributed by atoms with Crippen LogP contribution in [-0.2, 0) is 9.53 Å². The van der Waals surface area contributed by atoms with Gasteiger partial charge in [-0.1, -0.05) is 50.7 Å². The van der Waals surface area contributed by atoms with Crippen LogP contribution in [0.3, 0.4) is 0 Å². The second-order valence-corrected chi connectivity index (χ2v) is 6.37. The predicted molar refractivity (Wildman–Crippen MR) is 94.2 cm³/mol. The Morgan fingerprint density at radius 3 is 2.22 bits per heavy atom. The van der Waals surface area contributed by atoms with E-state index in [0.717, 1.165) is 57.8 Å². The molecule has 0 aliphatic rings. The van der Waals surface area contributed by atoms with Crippen LogP contribution in [0.2, 0.25) is 0 Å². The number of aliphatic hydroxyl groups is 2. The van der Waals surface area contributed by atoms with E-state index in [2.05, 4.69) is 10.8 Å². The zero-order valence-electron chi connectivity index (χ0n) is 15.0. The number of unbranched alkanes of at least 4 members (excludes halogenated alkanes) is 7. The van der Waals surface area contributed by atoms with Gasteiger partial charge in [0.1, 0.15) is 0 Å². The lowest BCUT2D eigenvalue weighted by Crippen LogP contribution is -2.02. The summed E-state index contributed by atoms with van der Waals surface area (Å²) >= 11 is 0. The second-order valence-electron chi connectivity index (χ2n) is 6.37. The summed E-state index contributed by atoms with van der Waals surface area (Å²) in [6.07, 6.45) is 15.2. The summed E-state index contributed by atoms with van der Waals surface area (Å²) in [7, 11) is 1.42. The molecule has 0 spiro atoms. The quantitative estimate of drug-likeness (QED) is 0.269. The number of carbonyl (C=O) groups excluding carboxylic acids is 1. The van der Waals surface area contributed by atoms with Crippen molar-refractivity contribution < 1.29 is 19.7 Å². The first-order valence-electron chi connectivity index (χ1n) is 9.16. The highest BCUT2D eigenvalue weighted by atomic mass is 16.5. The van der Waals surface area contributed by atoms with Gasteiger partial charge in [0.05, 0.1) is 19.3 Å². The van der Waals surface area contributed by atoms with Crippen LogP contribution in [-0.4, -0.2) is 35.5 Å². The standard InChI is InChI=1S/C19H36O4/c1-17(20)13-9-5-3-4-6-10-14-18(21)15-11-7-8-12-16-19(22)23-2/h10,14,17-18,20-21H,3-9,11-13,15-16H2,1-2H3/b14-10-. The van der Waals surface area contributed by atoms with Crippen LogP contribution >= 0.6 is 0 Å². The summed E-state index contributed by atoms with van der Waals surface area (Å²) in [5, 5.41) is 19.0. The van der Waals surface area contributed by atoms with E-state index < -0.39 is 0 Å². The van der Waals surface area contributed by atoms with Crippen LogP contribution in [0, 0.1) is 0 Å². The lowest BCUT2D eigenvalue weighted by Gasteiger charge is -2.05. The second kappa shape index (κ2) is 16.0. The number of rotatable bonds is 15. The lowest BCUT2D eigenvalue weighted by atomic mass is 10.1. The maximum absolute atomic E-state index is 10.9. The van der Waals surface area contributed by atoms with Crippen LogP contribution in [0.15, 0.2) is 12.2 Å². The van der Waals surface area contributed by atoms with Crippen molar-refractivity contribution in [3.05, 3.63) is 12.2 Å². The molecular formula is C19H36O4. The third kappa shape index (κ3) is 17.3. The molecule has 0 aliphatic carbocycles. The van der Waals surface area contributed by atoms with Crippen molar-refractivity contribution in [3.63, 3.8) is 0 Å². The Balaban J connectivity index is 3.34. The summed E-state index contributed by atoms with van der Waals surface area (Å²) < 4.78 is 4.59. The van der Waals surface area contributed by atoms with Gasteiger partial charge in [-0.25, -0.2) is 0 Å². The molecule has 0 aromatic carbocycles.